The molecule has 0 aliphatic carbocycles. The molecule has 2 N–H and O–H groups in total. The lowest BCUT2D eigenvalue weighted by molar-refractivity contribution is 0.0695. The molecule has 6 nitrogen and oxygen atoms in total. The van der Waals surface area contributed by atoms with Crippen molar-refractivity contribution in [3.05, 3.63) is 64.1 Å². The molecule has 0 bridgehead atoms. The lowest BCUT2D eigenvalue weighted by atomic mass is 10.1. The Morgan fingerprint density at radius 1 is 1.36 bits per heavy atom. The van der Waals surface area contributed by atoms with Crippen LogP contribution in [0.25, 0.3) is 11.0 Å². The number of carbonyl (C=O) groups is 1. The molecular weight excluding hydrogens is 306 g/mol. The molecule has 0 aliphatic rings. The minimum absolute atomic E-state index is 0.233. The van der Waals surface area contributed by atoms with Gasteiger partial charge in [0.1, 0.15) is 11.2 Å². The molecule has 1 unspecified atom stereocenters. The van der Waals surface area contributed by atoms with Crippen LogP contribution in [0.15, 0.2) is 47.5 Å². The molecule has 2 heterocycles. The van der Waals surface area contributed by atoms with Gasteiger partial charge in [0.05, 0.1) is 23.5 Å². The van der Waals surface area contributed by atoms with Gasteiger partial charge in [-0.1, -0.05) is 30.3 Å². The number of rotatable bonds is 4. The summed E-state index contributed by atoms with van der Waals surface area (Å²) in [6.07, 6.45) is 2.53. The van der Waals surface area contributed by atoms with Gasteiger partial charge < -0.3 is 10.1 Å². The Balaban J connectivity index is 1.98. The Hall–Kier alpha value is -2.60. The van der Waals surface area contributed by atoms with Gasteiger partial charge in [-0.2, -0.15) is 5.10 Å². The van der Waals surface area contributed by atoms with Crippen LogP contribution < -0.4 is 5.43 Å². The molecule has 0 saturated carbocycles. The third-order valence-corrected chi connectivity index (χ3v) is 3.80. The first-order valence-corrected chi connectivity index (χ1v) is 7.01. The molecule has 112 valence electrons. The second-order valence-corrected chi connectivity index (χ2v) is 5.33. The summed E-state index contributed by atoms with van der Waals surface area (Å²) in [7, 11) is 0. The van der Waals surface area contributed by atoms with Crippen LogP contribution in [-0.2, 0) is 6.54 Å². The van der Waals surface area contributed by atoms with Gasteiger partial charge in [0, 0.05) is 6.20 Å². The number of aromatic carboxylic acids is 1. The maximum atomic E-state index is 12.1. The normalized spacial score (nSPS) is 12.4. The number of aromatic nitrogens is 3. The zero-order valence-corrected chi connectivity index (χ0v) is 12.1. The van der Waals surface area contributed by atoms with Gasteiger partial charge in [0.15, 0.2) is 0 Å². The first-order valence-electron chi connectivity index (χ1n) is 6.57. The molecule has 0 fully saturated rings. The lowest BCUT2D eigenvalue weighted by Gasteiger charge is -2.10. The number of carboxylic acid groups (broad SMARTS) is 1. The van der Waals surface area contributed by atoms with E-state index in [0.29, 0.717) is 12.2 Å². The van der Waals surface area contributed by atoms with Crippen molar-refractivity contribution in [2.24, 2.45) is 0 Å². The van der Waals surface area contributed by atoms with Gasteiger partial charge in [-0.25, -0.2) is 9.48 Å². The number of benzene rings is 1. The Kier molecular flexibility index (Phi) is 3.68. The number of hydrogen-bond acceptors (Lipinski definition) is 3. The summed E-state index contributed by atoms with van der Waals surface area (Å²) < 4.78 is 1.56. The van der Waals surface area contributed by atoms with E-state index in [1.165, 1.54) is 12.4 Å². The van der Waals surface area contributed by atoms with Crippen LogP contribution in [0.2, 0.25) is 0 Å². The molecule has 7 heteroatoms. The number of fused-ring (bicyclic) bond motifs is 1. The van der Waals surface area contributed by atoms with E-state index in [-0.39, 0.29) is 16.3 Å². The molecule has 1 aromatic carbocycles. The highest BCUT2D eigenvalue weighted by atomic mass is 35.5. The summed E-state index contributed by atoms with van der Waals surface area (Å²) >= 11 is 6.37. The van der Waals surface area contributed by atoms with Gasteiger partial charge in [-0.05, 0) is 5.56 Å². The number of hydrogen-bond donors (Lipinski definition) is 2. The Morgan fingerprint density at radius 3 is 2.77 bits per heavy atom. The van der Waals surface area contributed by atoms with Crippen LogP contribution >= 0.6 is 11.6 Å². The first-order chi connectivity index (χ1) is 10.6. The average molecular weight is 318 g/mol. The molecule has 0 amide bonds. The fraction of sp³-hybridized carbons (Fsp3) is 0.133. The molecule has 3 aromatic rings. The van der Waals surface area contributed by atoms with E-state index >= 15 is 0 Å². The Bertz CT molecular complexity index is 886. The van der Waals surface area contributed by atoms with Crippen molar-refractivity contribution in [1.29, 1.82) is 0 Å². The zero-order valence-electron chi connectivity index (χ0n) is 11.4. The Morgan fingerprint density at radius 2 is 2.09 bits per heavy atom. The third kappa shape index (κ3) is 2.48. The summed E-state index contributed by atoms with van der Waals surface area (Å²) in [5, 5.41) is 13.0. The number of alkyl halides is 1. The van der Waals surface area contributed by atoms with Crippen molar-refractivity contribution >= 4 is 28.6 Å². The highest BCUT2D eigenvalue weighted by molar-refractivity contribution is 6.20. The number of pyridine rings is 1. The summed E-state index contributed by atoms with van der Waals surface area (Å²) in [6, 6.07) is 9.52. The second kappa shape index (κ2) is 5.65. The molecule has 22 heavy (non-hydrogen) atoms. The summed E-state index contributed by atoms with van der Waals surface area (Å²) in [6.45, 7) is 0.359. The van der Waals surface area contributed by atoms with Crippen molar-refractivity contribution in [3.8, 4) is 0 Å². The number of nitrogens with one attached hydrogen (secondary N) is 1. The van der Waals surface area contributed by atoms with Crippen LogP contribution in [0.1, 0.15) is 21.3 Å². The maximum Gasteiger partial charge on any atom is 0.341 e. The van der Waals surface area contributed by atoms with Gasteiger partial charge in [0.2, 0.25) is 5.43 Å². The number of carboxylic acids is 1. The predicted molar refractivity (Wildman–Crippen MR) is 82.3 cm³/mol. The molecule has 0 aliphatic heterocycles. The lowest BCUT2D eigenvalue weighted by Crippen LogP contribution is -2.15. The molecule has 0 spiro atoms. The van der Waals surface area contributed by atoms with E-state index < -0.39 is 11.4 Å². The van der Waals surface area contributed by atoms with Crippen LogP contribution in [-0.4, -0.2) is 25.8 Å². The summed E-state index contributed by atoms with van der Waals surface area (Å²) in [4.78, 5) is 25.8. The molecule has 0 saturated heterocycles. The van der Waals surface area contributed by atoms with E-state index in [0.717, 1.165) is 5.56 Å². The third-order valence-electron chi connectivity index (χ3n) is 3.41. The Labute approximate surface area is 130 Å². The molecule has 3 rings (SSSR count). The van der Waals surface area contributed by atoms with Gasteiger partial charge in [0.25, 0.3) is 0 Å². The van der Waals surface area contributed by atoms with Gasteiger partial charge >= 0.3 is 5.97 Å². The number of halogens is 1. The van der Waals surface area contributed by atoms with Crippen molar-refractivity contribution in [3.63, 3.8) is 0 Å². The van der Waals surface area contributed by atoms with E-state index in [9.17, 15) is 9.59 Å². The van der Waals surface area contributed by atoms with Crippen LogP contribution in [0.4, 0.5) is 0 Å². The van der Waals surface area contributed by atoms with Crippen molar-refractivity contribution < 1.29 is 9.90 Å². The van der Waals surface area contributed by atoms with Crippen LogP contribution in [0, 0.1) is 0 Å². The SMILES string of the molecule is O=C(O)c1c[nH]c2c(cnn2CC(Cl)c2ccccc2)c1=O. The fourth-order valence-electron chi connectivity index (χ4n) is 2.27. The minimum atomic E-state index is -1.27. The van der Waals surface area contributed by atoms with Crippen molar-refractivity contribution in [2.45, 2.75) is 11.9 Å². The first kappa shape index (κ1) is 14.3. The predicted octanol–water partition coefficient (Wildman–Crippen LogP) is 2.40. The molecule has 1 atom stereocenters. The van der Waals surface area contributed by atoms with Gasteiger partial charge in [-0.3, -0.25) is 4.79 Å². The highest BCUT2D eigenvalue weighted by Gasteiger charge is 2.16. The summed E-state index contributed by atoms with van der Waals surface area (Å²) in [5.41, 5.74) is 0.532. The molecule has 0 radical (unpaired) electrons. The van der Waals surface area contributed by atoms with Crippen LogP contribution in [0.3, 0.4) is 0 Å². The fourth-order valence-corrected chi connectivity index (χ4v) is 2.55. The largest absolute Gasteiger partial charge is 0.477 e. The topological polar surface area (TPSA) is 88.0 Å². The van der Waals surface area contributed by atoms with E-state index in [1.807, 2.05) is 30.3 Å². The monoisotopic (exact) mass is 317 g/mol. The minimum Gasteiger partial charge on any atom is -0.477 e. The molecule has 2 aromatic heterocycles. The van der Waals surface area contributed by atoms with E-state index in [4.69, 9.17) is 16.7 Å². The smallest absolute Gasteiger partial charge is 0.341 e. The van der Waals surface area contributed by atoms with Gasteiger partial charge in [-0.15, -0.1) is 11.6 Å². The zero-order chi connectivity index (χ0) is 15.7. The number of aromatic amines is 1. The average Bonchev–Trinajstić information content (AvgIpc) is 2.92. The maximum absolute atomic E-state index is 12.1. The molecular formula is C15H12ClN3O3. The number of H-pyrrole nitrogens is 1. The highest BCUT2D eigenvalue weighted by Crippen LogP contribution is 2.23. The van der Waals surface area contributed by atoms with E-state index in [1.54, 1.807) is 4.68 Å². The van der Waals surface area contributed by atoms with E-state index in [2.05, 4.69) is 10.1 Å². The summed E-state index contributed by atoms with van der Waals surface area (Å²) in [5.74, 6) is -1.27. The van der Waals surface area contributed by atoms with Crippen molar-refractivity contribution in [1.82, 2.24) is 14.8 Å². The van der Waals surface area contributed by atoms with Crippen LogP contribution in [0.5, 0.6) is 0 Å². The van der Waals surface area contributed by atoms with Crippen molar-refractivity contribution in [2.75, 3.05) is 0 Å². The number of nitrogens with zero attached hydrogens (tertiary/aromatic N) is 2. The standard InChI is InChI=1S/C15H12ClN3O3/c16-12(9-4-2-1-3-5-9)8-19-14-10(7-18-19)13(20)11(6-17-14)15(21)22/h1-7,12H,8H2,(H,17,20)(H,21,22). The quantitative estimate of drug-likeness (QED) is 0.723. The second-order valence-electron chi connectivity index (χ2n) is 4.80.